The molecule has 2 aliphatic rings. The van der Waals surface area contributed by atoms with Crippen LogP contribution in [0.2, 0.25) is 0 Å². The molecule has 1 saturated heterocycles. The van der Waals surface area contributed by atoms with Gasteiger partial charge >= 0.3 is 6.09 Å². The van der Waals surface area contributed by atoms with Crippen LogP contribution in [0.5, 0.6) is 28.7 Å². The zero-order chi connectivity index (χ0) is 25.8. The SMILES string of the molecule is CCOC(=O)N1CCN(Cc2c(O)ccc3c2O/C(=C/c2cc(OC)c(OC)c(OC)c2)C3=O)CC1. The summed E-state index contributed by atoms with van der Waals surface area (Å²) in [5.74, 6) is 1.57. The molecule has 0 atom stereocenters. The Hall–Kier alpha value is -3.92. The third kappa shape index (κ3) is 4.90. The largest absolute Gasteiger partial charge is 0.507 e. The summed E-state index contributed by atoms with van der Waals surface area (Å²) in [4.78, 5) is 28.9. The fraction of sp³-hybridized carbons (Fsp3) is 0.385. The molecule has 0 unspecified atom stereocenters. The van der Waals surface area contributed by atoms with E-state index in [0.29, 0.717) is 79.0 Å². The van der Waals surface area contributed by atoms with Crippen LogP contribution in [-0.2, 0) is 11.3 Å². The Balaban J connectivity index is 1.56. The number of carbonyl (C=O) groups is 2. The van der Waals surface area contributed by atoms with Gasteiger partial charge in [0.2, 0.25) is 11.5 Å². The van der Waals surface area contributed by atoms with Gasteiger partial charge in [-0.1, -0.05) is 0 Å². The molecule has 0 spiro atoms. The zero-order valence-electron chi connectivity index (χ0n) is 20.8. The fourth-order valence-electron chi connectivity index (χ4n) is 4.31. The second-order valence-electron chi connectivity index (χ2n) is 8.30. The predicted octanol–water partition coefficient (Wildman–Crippen LogP) is 3.31. The van der Waals surface area contributed by atoms with Crippen molar-refractivity contribution in [3.8, 4) is 28.7 Å². The summed E-state index contributed by atoms with van der Waals surface area (Å²) in [5.41, 5.74) is 1.53. The quantitative estimate of drug-likeness (QED) is 0.576. The number of allylic oxidation sites excluding steroid dienone is 1. The number of Topliss-reactive ketones (excluding diaryl/α,β-unsaturated/α-hetero) is 1. The molecule has 0 saturated carbocycles. The number of phenols is 1. The number of ketones is 1. The molecule has 2 aliphatic heterocycles. The lowest BCUT2D eigenvalue weighted by Crippen LogP contribution is -2.48. The Morgan fingerprint density at radius 3 is 2.31 bits per heavy atom. The molecule has 1 N–H and O–H groups in total. The lowest BCUT2D eigenvalue weighted by atomic mass is 10.0. The smallest absolute Gasteiger partial charge is 0.409 e. The molecule has 0 radical (unpaired) electrons. The van der Waals surface area contributed by atoms with E-state index in [2.05, 4.69) is 4.90 Å². The Labute approximate surface area is 209 Å². The Kier molecular flexibility index (Phi) is 7.54. The summed E-state index contributed by atoms with van der Waals surface area (Å²) in [6.45, 7) is 4.71. The highest BCUT2D eigenvalue weighted by Crippen LogP contribution is 2.42. The first-order valence-electron chi connectivity index (χ1n) is 11.6. The summed E-state index contributed by atoms with van der Waals surface area (Å²) in [7, 11) is 4.55. The van der Waals surface area contributed by atoms with Gasteiger partial charge in [-0.15, -0.1) is 0 Å². The number of amides is 1. The maximum Gasteiger partial charge on any atom is 0.409 e. The molecule has 10 heteroatoms. The lowest BCUT2D eigenvalue weighted by molar-refractivity contribution is 0.0774. The molecule has 0 aliphatic carbocycles. The second kappa shape index (κ2) is 10.8. The van der Waals surface area contributed by atoms with Gasteiger partial charge in [0.05, 0.1) is 39.1 Å². The standard InChI is InChI=1S/C26H30N2O8/c1-5-35-26(31)28-10-8-27(9-11-28)15-18-19(29)7-6-17-23(30)20(36-24(17)18)12-16-13-21(32-2)25(34-4)22(14-16)33-3/h6-7,12-14,29H,5,8-11,15H2,1-4H3/b20-12+. The van der Waals surface area contributed by atoms with Gasteiger partial charge in [0.25, 0.3) is 0 Å². The molecule has 192 valence electrons. The van der Waals surface area contributed by atoms with Gasteiger partial charge in [-0.25, -0.2) is 4.79 Å². The molecular weight excluding hydrogens is 468 g/mol. The molecule has 1 amide bonds. The summed E-state index contributed by atoms with van der Waals surface area (Å²) in [5, 5.41) is 10.6. The first-order chi connectivity index (χ1) is 17.4. The topological polar surface area (TPSA) is 107 Å². The average molecular weight is 499 g/mol. The van der Waals surface area contributed by atoms with E-state index in [0.717, 1.165) is 0 Å². The summed E-state index contributed by atoms with van der Waals surface area (Å²) >= 11 is 0. The predicted molar refractivity (Wildman–Crippen MR) is 131 cm³/mol. The van der Waals surface area contributed by atoms with E-state index in [9.17, 15) is 14.7 Å². The van der Waals surface area contributed by atoms with Crippen LogP contribution in [0, 0.1) is 0 Å². The summed E-state index contributed by atoms with van der Waals surface area (Å²) in [6.07, 6.45) is 1.28. The van der Waals surface area contributed by atoms with Gasteiger partial charge in [-0.05, 0) is 42.8 Å². The third-order valence-corrected chi connectivity index (χ3v) is 6.18. The minimum absolute atomic E-state index is 0.0448. The maximum atomic E-state index is 13.1. The normalized spacial score (nSPS) is 16.5. The van der Waals surface area contributed by atoms with Crippen molar-refractivity contribution in [3.05, 3.63) is 46.7 Å². The fourth-order valence-corrected chi connectivity index (χ4v) is 4.31. The Morgan fingerprint density at radius 1 is 1.06 bits per heavy atom. The number of nitrogens with zero attached hydrogens (tertiary/aromatic N) is 2. The zero-order valence-corrected chi connectivity index (χ0v) is 20.8. The van der Waals surface area contributed by atoms with Crippen LogP contribution in [0.15, 0.2) is 30.0 Å². The first kappa shape index (κ1) is 25.2. The monoisotopic (exact) mass is 498 g/mol. The Bertz CT molecular complexity index is 1160. The summed E-state index contributed by atoms with van der Waals surface area (Å²) < 4.78 is 27.2. The van der Waals surface area contributed by atoms with E-state index >= 15 is 0 Å². The molecule has 2 aromatic carbocycles. The molecule has 2 aromatic rings. The number of rotatable bonds is 7. The van der Waals surface area contributed by atoms with Gasteiger partial charge in [0.15, 0.2) is 17.3 Å². The number of piperazine rings is 1. The molecule has 10 nitrogen and oxygen atoms in total. The highest BCUT2D eigenvalue weighted by molar-refractivity contribution is 6.15. The Morgan fingerprint density at radius 2 is 1.72 bits per heavy atom. The number of phenolic OH excluding ortho intramolecular Hbond substituents is 1. The van der Waals surface area contributed by atoms with Crippen molar-refractivity contribution in [1.82, 2.24) is 9.80 Å². The molecular formula is C26H30N2O8. The highest BCUT2D eigenvalue weighted by atomic mass is 16.6. The van der Waals surface area contributed by atoms with E-state index in [1.807, 2.05) is 0 Å². The number of benzene rings is 2. The number of carbonyl (C=O) groups excluding carboxylic acids is 2. The van der Waals surface area contributed by atoms with Crippen LogP contribution < -0.4 is 18.9 Å². The van der Waals surface area contributed by atoms with Crippen molar-refractivity contribution in [1.29, 1.82) is 0 Å². The van der Waals surface area contributed by atoms with Crippen molar-refractivity contribution < 1.29 is 38.4 Å². The molecule has 36 heavy (non-hydrogen) atoms. The number of fused-ring (bicyclic) bond motifs is 1. The van der Waals surface area contributed by atoms with Gasteiger partial charge in [0, 0.05) is 32.7 Å². The number of ether oxygens (including phenoxy) is 5. The van der Waals surface area contributed by atoms with Crippen molar-refractivity contribution in [2.75, 3.05) is 54.1 Å². The van der Waals surface area contributed by atoms with Gasteiger partial charge in [-0.3, -0.25) is 9.69 Å². The van der Waals surface area contributed by atoms with Crippen molar-refractivity contribution in [2.45, 2.75) is 13.5 Å². The number of methoxy groups -OCH3 is 3. The lowest BCUT2D eigenvalue weighted by Gasteiger charge is -2.34. The number of hydrogen-bond donors (Lipinski definition) is 1. The van der Waals surface area contributed by atoms with Gasteiger partial charge in [-0.2, -0.15) is 0 Å². The molecule has 4 rings (SSSR count). The van der Waals surface area contributed by atoms with Crippen molar-refractivity contribution in [3.63, 3.8) is 0 Å². The minimum atomic E-state index is -0.323. The molecule has 0 bridgehead atoms. The number of hydrogen-bond acceptors (Lipinski definition) is 9. The van der Waals surface area contributed by atoms with Crippen LogP contribution in [0.3, 0.4) is 0 Å². The second-order valence-corrected chi connectivity index (χ2v) is 8.30. The molecule has 2 heterocycles. The van der Waals surface area contributed by atoms with Gasteiger partial charge in [0.1, 0.15) is 11.5 Å². The number of aromatic hydroxyl groups is 1. The van der Waals surface area contributed by atoms with E-state index in [1.54, 1.807) is 36.1 Å². The van der Waals surface area contributed by atoms with Gasteiger partial charge < -0.3 is 33.7 Å². The molecule has 1 fully saturated rings. The van der Waals surface area contributed by atoms with E-state index in [4.69, 9.17) is 23.7 Å². The summed E-state index contributed by atoms with van der Waals surface area (Å²) in [6, 6.07) is 6.50. The van der Waals surface area contributed by atoms with Crippen LogP contribution in [0.4, 0.5) is 4.79 Å². The molecule has 0 aromatic heterocycles. The van der Waals surface area contributed by atoms with E-state index in [1.165, 1.54) is 27.4 Å². The van der Waals surface area contributed by atoms with Crippen LogP contribution in [0.25, 0.3) is 6.08 Å². The van der Waals surface area contributed by atoms with Crippen molar-refractivity contribution in [2.24, 2.45) is 0 Å². The van der Waals surface area contributed by atoms with E-state index < -0.39 is 0 Å². The van der Waals surface area contributed by atoms with Crippen LogP contribution in [-0.4, -0.2) is 80.9 Å². The maximum absolute atomic E-state index is 13.1. The minimum Gasteiger partial charge on any atom is -0.507 e. The average Bonchev–Trinajstić information content (AvgIpc) is 3.20. The van der Waals surface area contributed by atoms with Crippen molar-refractivity contribution >= 4 is 18.0 Å². The van der Waals surface area contributed by atoms with Crippen LogP contribution in [0.1, 0.15) is 28.4 Å². The first-order valence-corrected chi connectivity index (χ1v) is 11.6. The van der Waals surface area contributed by atoms with Crippen LogP contribution >= 0.6 is 0 Å². The third-order valence-electron chi connectivity index (χ3n) is 6.18. The van der Waals surface area contributed by atoms with E-state index in [-0.39, 0.29) is 23.4 Å². The highest BCUT2D eigenvalue weighted by Gasteiger charge is 2.32.